The number of aryl methyl sites for hydroxylation is 1. The number of imide groups is 1. The molecule has 3 aliphatic rings. The van der Waals surface area contributed by atoms with Crippen molar-refractivity contribution in [3.8, 4) is 11.1 Å². The average Bonchev–Trinajstić information content (AvgIpc) is 3.29. The van der Waals surface area contributed by atoms with E-state index in [1.807, 2.05) is 18.3 Å². The summed E-state index contributed by atoms with van der Waals surface area (Å²) in [6.07, 6.45) is 3.37. The average molecular weight is 469 g/mol. The number of benzene rings is 1. The zero-order chi connectivity index (χ0) is 21.8. The maximum Gasteiger partial charge on any atom is 0.417 e. The van der Waals surface area contributed by atoms with E-state index in [0.29, 0.717) is 6.04 Å². The number of hydrogen-bond acceptors (Lipinski definition) is 7. The van der Waals surface area contributed by atoms with E-state index < -0.39 is 6.09 Å². The van der Waals surface area contributed by atoms with Crippen LogP contribution in [0.25, 0.3) is 21.3 Å². The molecular formula is C23H21ClN4O3S. The summed E-state index contributed by atoms with van der Waals surface area (Å²) < 4.78 is 5.88. The Morgan fingerprint density at radius 1 is 1.22 bits per heavy atom. The van der Waals surface area contributed by atoms with Gasteiger partial charge in [0.1, 0.15) is 0 Å². The number of cyclic esters (lactones) is 1. The van der Waals surface area contributed by atoms with Crippen molar-refractivity contribution >= 4 is 50.8 Å². The van der Waals surface area contributed by atoms with Gasteiger partial charge in [0, 0.05) is 52.5 Å². The summed E-state index contributed by atoms with van der Waals surface area (Å²) in [6, 6.07) is 8.64. The summed E-state index contributed by atoms with van der Waals surface area (Å²) in [5.41, 5.74) is 5.62. The molecule has 3 aliphatic heterocycles. The van der Waals surface area contributed by atoms with Gasteiger partial charge >= 0.3 is 6.09 Å². The van der Waals surface area contributed by atoms with Crippen LogP contribution in [0.2, 0.25) is 5.02 Å². The van der Waals surface area contributed by atoms with E-state index >= 15 is 0 Å². The van der Waals surface area contributed by atoms with Gasteiger partial charge in [-0.05, 0) is 42.7 Å². The Morgan fingerprint density at radius 2 is 2.09 bits per heavy atom. The predicted molar refractivity (Wildman–Crippen MR) is 124 cm³/mol. The predicted octanol–water partition coefficient (Wildman–Crippen LogP) is 3.82. The van der Waals surface area contributed by atoms with E-state index in [-0.39, 0.29) is 19.1 Å². The minimum atomic E-state index is -0.589. The number of aromatic nitrogens is 1. The number of thiophene rings is 1. The zero-order valence-corrected chi connectivity index (χ0v) is 18.8. The molecule has 1 aromatic carbocycles. The van der Waals surface area contributed by atoms with Gasteiger partial charge in [0.05, 0.1) is 22.8 Å². The molecule has 0 bridgehead atoms. The molecule has 0 atom stereocenters. The van der Waals surface area contributed by atoms with Gasteiger partial charge in [-0.1, -0.05) is 11.6 Å². The van der Waals surface area contributed by atoms with Crippen LogP contribution in [0.15, 0.2) is 30.5 Å². The molecule has 0 spiro atoms. The fourth-order valence-corrected chi connectivity index (χ4v) is 6.14. The molecule has 32 heavy (non-hydrogen) atoms. The van der Waals surface area contributed by atoms with E-state index in [1.165, 1.54) is 11.3 Å². The molecule has 7 nitrogen and oxygen atoms in total. The lowest BCUT2D eigenvalue weighted by atomic mass is 9.92. The van der Waals surface area contributed by atoms with Crippen LogP contribution in [0.1, 0.15) is 16.9 Å². The number of nitrogens with zero attached hydrogens (tertiary/aromatic N) is 3. The summed E-state index contributed by atoms with van der Waals surface area (Å²) in [6.45, 7) is 3.04. The number of amides is 2. The van der Waals surface area contributed by atoms with Crippen LogP contribution in [-0.2, 0) is 22.5 Å². The van der Waals surface area contributed by atoms with Crippen molar-refractivity contribution in [2.75, 3.05) is 31.1 Å². The van der Waals surface area contributed by atoms with Gasteiger partial charge in [0.2, 0.25) is 0 Å². The second kappa shape index (κ2) is 7.72. The van der Waals surface area contributed by atoms with Crippen molar-refractivity contribution in [2.24, 2.45) is 0 Å². The first-order valence-electron chi connectivity index (χ1n) is 10.7. The minimum Gasteiger partial charge on any atom is -0.439 e. The smallest absolute Gasteiger partial charge is 0.417 e. The van der Waals surface area contributed by atoms with Crippen molar-refractivity contribution in [3.05, 3.63) is 45.9 Å². The molecule has 3 aromatic rings. The second-order valence-electron chi connectivity index (χ2n) is 8.39. The molecule has 2 fully saturated rings. The SMILES string of the molecule is O=C1COC(=O)N1Cc1cc2nccc(-c3cc(Cl)cc4c3N(C3CNC3)CCC4)c2s1. The number of carbonyl (C=O) groups is 2. The van der Waals surface area contributed by atoms with Gasteiger partial charge in [-0.3, -0.25) is 9.78 Å². The van der Waals surface area contributed by atoms with E-state index in [2.05, 4.69) is 27.3 Å². The van der Waals surface area contributed by atoms with Crippen LogP contribution < -0.4 is 10.2 Å². The highest BCUT2D eigenvalue weighted by molar-refractivity contribution is 7.19. The molecule has 9 heteroatoms. The van der Waals surface area contributed by atoms with E-state index in [4.69, 9.17) is 16.3 Å². The van der Waals surface area contributed by atoms with Gasteiger partial charge in [-0.15, -0.1) is 11.3 Å². The number of nitrogens with one attached hydrogen (secondary N) is 1. The van der Waals surface area contributed by atoms with Gasteiger partial charge in [0.15, 0.2) is 6.61 Å². The molecule has 5 heterocycles. The largest absolute Gasteiger partial charge is 0.439 e. The summed E-state index contributed by atoms with van der Waals surface area (Å²) in [7, 11) is 0. The van der Waals surface area contributed by atoms with Gasteiger partial charge < -0.3 is 15.0 Å². The number of fused-ring (bicyclic) bond motifs is 2. The fraction of sp³-hybridized carbons (Fsp3) is 0.348. The van der Waals surface area contributed by atoms with Gasteiger partial charge in [0.25, 0.3) is 5.91 Å². The van der Waals surface area contributed by atoms with Crippen molar-refractivity contribution in [1.29, 1.82) is 0 Å². The lowest BCUT2D eigenvalue weighted by molar-refractivity contribution is -0.126. The number of carbonyl (C=O) groups excluding carboxylic acids is 2. The van der Waals surface area contributed by atoms with Crippen molar-refractivity contribution in [3.63, 3.8) is 0 Å². The third-order valence-corrected chi connectivity index (χ3v) is 7.75. The van der Waals surface area contributed by atoms with Gasteiger partial charge in [-0.2, -0.15) is 0 Å². The first-order valence-corrected chi connectivity index (χ1v) is 11.9. The molecule has 2 aromatic heterocycles. The van der Waals surface area contributed by atoms with E-state index in [1.54, 1.807) is 11.3 Å². The topological polar surface area (TPSA) is 74.8 Å². The Balaban J connectivity index is 1.46. The molecule has 2 saturated heterocycles. The fourth-order valence-electron chi connectivity index (χ4n) is 4.77. The lowest BCUT2D eigenvalue weighted by Gasteiger charge is -2.44. The van der Waals surface area contributed by atoms with Crippen LogP contribution >= 0.6 is 22.9 Å². The summed E-state index contributed by atoms with van der Waals surface area (Å²) >= 11 is 8.13. The molecule has 1 N–H and O–H groups in total. The first kappa shape index (κ1) is 20.0. The Kier molecular flexibility index (Phi) is 4.82. The second-order valence-corrected chi connectivity index (χ2v) is 9.96. The highest BCUT2D eigenvalue weighted by Gasteiger charge is 2.33. The number of ether oxygens (including phenoxy) is 1. The summed E-state index contributed by atoms with van der Waals surface area (Å²) in [5.74, 6) is -0.311. The molecule has 0 radical (unpaired) electrons. The minimum absolute atomic E-state index is 0.187. The third kappa shape index (κ3) is 3.25. The maximum atomic E-state index is 12.0. The Hall–Kier alpha value is -2.68. The standard InChI is InChI=1S/C23H21ClN4O3S/c24-14-6-13-2-1-5-27(15-9-25-10-15)21(13)18(7-14)17-3-4-26-19-8-16(32-22(17)19)11-28-20(29)12-31-23(28)30/h3-4,6-8,15,25H,1-2,5,9-12H2. The van der Waals surface area contributed by atoms with E-state index in [0.717, 1.165) is 68.6 Å². The van der Waals surface area contributed by atoms with Crippen LogP contribution in [0, 0.1) is 0 Å². The monoisotopic (exact) mass is 468 g/mol. The Labute approximate surface area is 193 Å². The Morgan fingerprint density at radius 3 is 2.84 bits per heavy atom. The molecular weight excluding hydrogens is 448 g/mol. The van der Waals surface area contributed by atoms with Crippen LogP contribution in [0.4, 0.5) is 10.5 Å². The zero-order valence-electron chi connectivity index (χ0n) is 17.3. The summed E-state index contributed by atoms with van der Waals surface area (Å²) in [5, 5.41) is 4.12. The highest BCUT2D eigenvalue weighted by Crippen LogP contribution is 2.44. The summed E-state index contributed by atoms with van der Waals surface area (Å²) in [4.78, 5) is 33.0. The third-order valence-electron chi connectivity index (χ3n) is 6.39. The molecule has 0 unspecified atom stereocenters. The number of rotatable bonds is 4. The Bertz CT molecular complexity index is 1240. The number of pyridine rings is 1. The molecule has 2 amide bonds. The maximum absolute atomic E-state index is 12.0. The molecule has 6 rings (SSSR count). The van der Waals surface area contributed by atoms with Crippen molar-refractivity contribution in [2.45, 2.75) is 25.4 Å². The van der Waals surface area contributed by atoms with Crippen LogP contribution in [0.5, 0.6) is 0 Å². The van der Waals surface area contributed by atoms with Crippen molar-refractivity contribution in [1.82, 2.24) is 15.2 Å². The van der Waals surface area contributed by atoms with E-state index in [9.17, 15) is 9.59 Å². The lowest BCUT2D eigenvalue weighted by Crippen LogP contribution is -2.58. The number of hydrogen-bond donors (Lipinski definition) is 1. The molecule has 0 saturated carbocycles. The van der Waals surface area contributed by atoms with Crippen LogP contribution in [0.3, 0.4) is 0 Å². The number of anilines is 1. The van der Waals surface area contributed by atoms with Crippen LogP contribution in [-0.4, -0.2) is 54.2 Å². The number of halogens is 1. The molecule has 164 valence electrons. The highest BCUT2D eigenvalue weighted by atomic mass is 35.5. The van der Waals surface area contributed by atoms with Crippen molar-refractivity contribution < 1.29 is 14.3 Å². The first-order chi connectivity index (χ1) is 15.6. The quantitative estimate of drug-likeness (QED) is 0.627. The van der Waals surface area contributed by atoms with Gasteiger partial charge in [-0.25, -0.2) is 9.69 Å². The normalized spacial score (nSPS) is 18.8. The molecule has 0 aliphatic carbocycles.